The third kappa shape index (κ3) is 4.50. The number of halogens is 2. The number of hydrogen-bond acceptors (Lipinski definition) is 1. The molecule has 0 bridgehead atoms. The van der Waals surface area contributed by atoms with E-state index in [0.29, 0.717) is 0 Å². The minimum atomic E-state index is -1.81. The largest absolute Gasteiger partial charge is 4.00 e. The summed E-state index contributed by atoms with van der Waals surface area (Å²) in [4.78, 5) is 0. The summed E-state index contributed by atoms with van der Waals surface area (Å²) in [5.74, 6) is 0. The molecular formula is C24H26Cl2OSiZr. The zero-order valence-electron chi connectivity index (χ0n) is 17.0. The van der Waals surface area contributed by atoms with Crippen molar-refractivity contribution >= 4 is 29.6 Å². The van der Waals surface area contributed by atoms with Crippen LogP contribution in [0.4, 0.5) is 0 Å². The third-order valence-electron chi connectivity index (χ3n) is 6.48. The zero-order chi connectivity index (χ0) is 18.4. The second kappa shape index (κ2) is 10.1. The molecule has 0 saturated carbocycles. The fourth-order valence-electron chi connectivity index (χ4n) is 4.36. The Morgan fingerprint density at radius 2 is 1.24 bits per heavy atom. The Morgan fingerprint density at radius 3 is 1.62 bits per heavy atom. The minimum absolute atomic E-state index is 0. The van der Waals surface area contributed by atoms with Gasteiger partial charge in [0.2, 0.25) is 0 Å². The van der Waals surface area contributed by atoms with Crippen molar-refractivity contribution in [3.8, 4) is 0 Å². The SMILES string of the molecule is CC(c1cc2ccccc2[cH-]1)(c1cc2ccccc2[cH-]1)[Si](C)(C)CCO.[Cl-].[Cl-].[Zr+4]. The summed E-state index contributed by atoms with van der Waals surface area (Å²) in [5.41, 5.74) is 2.78. The molecule has 4 aromatic carbocycles. The van der Waals surface area contributed by atoms with E-state index in [2.05, 4.69) is 92.8 Å². The number of rotatable bonds is 5. The molecule has 150 valence electrons. The molecule has 0 unspecified atom stereocenters. The molecule has 4 rings (SSSR count). The van der Waals surface area contributed by atoms with E-state index < -0.39 is 8.07 Å². The summed E-state index contributed by atoms with van der Waals surface area (Å²) in [7, 11) is -1.81. The first-order chi connectivity index (χ1) is 12.5. The molecule has 0 heterocycles. The van der Waals surface area contributed by atoms with Gasteiger partial charge in [-0.1, -0.05) is 32.2 Å². The van der Waals surface area contributed by atoms with Gasteiger partial charge in [0, 0.05) is 6.61 Å². The number of fused-ring (bicyclic) bond motifs is 2. The number of benzene rings is 2. The quantitative estimate of drug-likeness (QED) is 0.290. The van der Waals surface area contributed by atoms with E-state index in [1.807, 2.05) is 0 Å². The molecule has 0 radical (unpaired) electrons. The van der Waals surface area contributed by atoms with Crippen molar-refractivity contribution in [3.63, 3.8) is 0 Å². The molecule has 1 nitrogen and oxygen atoms in total. The van der Waals surface area contributed by atoms with Crippen molar-refractivity contribution in [3.05, 3.63) is 83.9 Å². The van der Waals surface area contributed by atoms with Crippen molar-refractivity contribution in [2.75, 3.05) is 6.61 Å². The fourth-order valence-corrected chi connectivity index (χ4v) is 7.27. The van der Waals surface area contributed by atoms with Crippen LogP contribution < -0.4 is 24.8 Å². The zero-order valence-corrected chi connectivity index (χ0v) is 22.0. The summed E-state index contributed by atoms with van der Waals surface area (Å²) in [5, 5.41) is 14.9. The first-order valence-electron chi connectivity index (χ1n) is 9.38. The molecule has 0 spiro atoms. The van der Waals surface area contributed by atoms with E-state index in [0.717, 1.165) is 6.04 Å². The second-order valence-electron chi connectivity index (χ2n) is 8.23. The van der Waals surface area contributed by atoms with Crippen LogP contribution in [0.5, 0.6) is 0 Å². The van der Waals surface area contributed by atoms with E-state index in [1.54, 1.807) is 0 Å². The fraction of sp³-hybridized carbons (Fsp3) is 0.250. The molecule has 0 aliphatic rings. The molecule has 5 heteroatoms. The van der Waals surface area contributed by atoms with Crippen LogP contribution in [-0.4, -0.2) is 19.8 Å². The first kappa shape index (κ1) is 26.3. The molecule has 29 heavy (non-hydrogen) atoms. The van der Waals surface area contributed by atoms with E-state index in [9.17, 15) is 5.11 Å². The molecular weight excluding hydrogens is 494 g/mol. The summed E-state index contributed by atoms with van der Waals surface area (Å²) >= 11 is 0. The predicted octanol–water partition coefficient (Wildman–Crippen LogP) is -0.0178. The van der Waals surface area contributed by atoms with Crippen molar-refractivity contribution in [2.45, 2.75) is 31.1 Å². The molecule has 0 aromatic heterocycles. The average Bonchev–Trinajstić information content (AvgIpc) is 3.25. The van der Waals surface area contributed by atoms with Crippen LogP contribution in [0.1, 0.15) is 18.1 Å². The van der Waals surface area contributed by atoms with Crippen LogP contribution >= 0.6 is 0 Å². The number of hydrogen-bond donors (Lipinski definition) is 1. The molecule has 4 aromatic rings. The van der Waals surface area contributed by atoms with E-state index >= 15 is 0 Å². The van der Waals surface area contributed by atoms with Crippen molar-refractivity contribution in [1.82, 2.24) is 0 Å². The Bertz CT molecular complexity index is 927. The molecule has 0 aliphatic heterocycles. The Labute approximate surface area is 206 Å². The van der Waals surface area contributed by atoms with Gasteiger partial charge in [-0.2, -0.15) is 12.1 Å². The summed E-state index contributed by atoms with van der Waals surface area (Å²) < 4.78 is 0. The maximum Gasteiger partial charge on any atom is 4.00 e. The minimum Gasteiger partial charge on any atom is -1.00 e. The normalized spacial score (nSPS) is 11.6. The smallest absolute Gasteiger partial charge is 1.00 e. The van der Waals surface area contributed by atoms with Gasteiger partial charge in [-0.15, -0.1) is 81.2 Å². The molecule has 0 atom stereocenters. The third-order valence-corrected chi connectivity index (χ3v) is 11.2. The number of aliphatic hydroxyl groups excluding tert-OH is 1. The van der Waals surface area contributed by atoms with Crippen molar-refractivity contribution in [2.24, 2.45) is 0 Å². The van der Waals surface area contributed by atoms with Crippen LogP contribution in [0.2, 0.25) is 19.1 Å². The van der Waals surface area contributed by atoms with Gasteiger partial charge in [0.25, 0.3) is 0 Å². The summed E-state index contributed by atoms with van der Waals surface area (Å²) in [6.07, 6.45) is 0. The van der Waals surface area contributed by atoms with Gasteiger partial charge in [0.05, 0.1) is 8.07 Å². The van der Waals surface area contributed by atoms with Gasteiger partial charge in [0.15, 0.2) is 0 Å². The van der Waals surface area contributed by atoms with Gasteiger partial charge in [-0.3, -0.25) is 0 Å². The predicted molar refractivity (Wildman–Crippen MR) is 115 cm³/mol. The summed E-state index contributed by atoms with van der Waals surface area (Å²) in [6.45, 7) is 7.49. The van der Waals surface area contributed by atoms with Gasteiger partial charge < -0.3 is 29.9 Å². The number of aliphatic hydroxyl groups is 1. The van der Waals surface area contributed by atoms with Crippen molar-refractivity contribution in [1.29, 1.82) is 0 Å². The second-order valence-corrected chi connectivity index (χ2v) is 13.5. The van der Waals surface area contributed by atoms with Crippen LogP contribution in [0.25, 0.3) is 21.5 Å². The summed E-state index contributed by atoms with van der Waals surface area (Å²) in [6, 6.07) is 27.6. The Balaban J connectivity index is 0.00000140. The molecule has 0 fully saturated rings. The maximum absolute atomic E-state index is 9.77. The average molecular weight is 521 g/mol. The van der Waals surface area contributed by atoms with Crippen LogP contribution in [-0.2, 0) is 31.2 Å². The Hall–Kier alpha value is -0.700. The van der Waals surface area contributed by atoms with E-state index in [-0.39, 0.29) is 62.7 Å². The molecule has 1 N–H and O–H groups in total. The molecule has 0 saturated heterocycles. The van der Waals surface area contributed by atoms with E-state index in [1.165, 1.54) is 32.7 Å². The van der Waals surface area contributed by atoms with Crippen molar-refractivity contribution < 1.29 is 56.1 Å². The first-order valence-corrected chi connectivity index (χ1v) is 12.6. The van der Waals surface area contributed by atoms with Gasteiger partial charge in [0.1, 0.15) is 0 Å². The van der Waals surface area contributed by atoms with Crippen LogP contribution in [0.3, 0.4) is 0 Å². The monoisotopic (exact) mass is 518 g/mol. The van der Waals surface area contributed by atoms with Gasteiger partial charge >= 0.3 is 26.2 Å². The van der Waals surface area contributed by atoms with E-state index in [4.69, 9.17) is 0 Å². The Morgan fingerprint density at radius 1 is 0.828 bits per heavy atom. The topological polar surface area (TPSA) is 20.2 Å². The molecule has 0 amide bonds. The van der Waals surface area contributed by atoms with Crippen LogP contribution in [0, 0.1) is 0 Å². The van der Waals surface area contributed by atoms with Crippen LogP contribution in [0.15, 0.2) is 72.8 Å². The Kier molecular flexibility index (Phi) is 9.15. The standard InChI is InChI=1S/C24H26OSi.2ClH.Zr/c1-24(26(2,3)13-12-25,22-14-18-8-4-5-9-19(18)15-22)23-16-20-10-6-7-11-21(20)17-23;;;/h4-11,14-17,25H,12-13H2,1-3H3;2*1H;/q-2;;;+4/p-2. The van der Waals surface area contributed by atoms with Gasteiger partial charge in [-0.05, 0) is 11.1 Å². The molecule has 0 aliphatic carbocycles. The maximum atomic E-state index is 9.77. The van der Waals surface area contributed by atoms with Gasteiger partial charge in [-0.25, -0.2) is 0 Å².